The van der Waals surface area contributed by atoms with E-state index in [9.17, 15) is 4.79 Å². The summed E-state index contributed by atoms with van der Waals surface area (Å²) in [7, 11) is 2.92. The molecule has 0 aliphatic rings. The van der Waals surface area contributed by atoms with Gasteiger partial charge in [-0.3, -0.25) is 5.32 Å². The lowest BCUT2D eigenvalue weighted by Gasteiger charge is -2.14. The van der Waals surface area contributed by atoms with Gasteiger partial charge in [-0.1, -0.05) is 17.7 Å². The predicted molar refractivity (Wildman–Crippen MR) is 89.3 cm³/mol. The molecule has 0 bridgehead atoms. The van der Waals surface area contributed by atoms with Crippen molar-refractivity contribution in [1.29, 1.82) is 0 Å². The lowest BCUT2D eigenvalue weighted by molar-refractivity contribution is 0.187. The summed E-state index contributed by atoms with van der Waals surface area (Å²) in [6.45, 7) is 4.35. The summed E-state index contributed by atoms with van der Waals surface area (Å²) in [6.07, 6.45) is -0.525. The van der Waals surface area contributed by atoms with Gasteiger partial charge in [-0.2, -0.15) is 0 Å². The van der Waals surface area contributed by atoms with Gasteiger partial charge in [0.25, 0.3) is 0 Å². The van der Waals surface area contributed by atoms with E-state index in [1.165, 1.54) is 12.7 Å². The van der Waals surface area contributed by atoms with E-state index in [1.807, 2.05) is 32.0 Å². The summed E-state index contributed by atoms with van der Waals surface area (Å²) in [4.78, 5) is 11.4. The van der Waals surface area contributed by atoms with Crippen LogP contribution >= 0.6 is 0 Å². The Balaban J connectivity index is 2.20. The minimum absolute atomic E-state index is 0.306. The van der Waals surface area contributed by atoms with E-state index in [0.29, 0.717) is 18.0 Å². The number of nitrogens with one attached hydrogen (secondary N) is 1. The van der Waals surface area contributed by atoms with Crippen molar-refractivity contribution in [2.24, 2.45) is 0 Å². The molecule has 0 spiro atoms. The smallest absolute Gasteiger partial charge is 0.411 e. The third kappa shape index (κ3) is 4.39. The molecule has 1 amide bonds. The van der Waals surface area contributed by atoms with Crippen LogP contribution in [0.25, 0.3) is 0 Å². The zero-order valence-electron chi connectivity index (χ0n) is 13.8. The Morgan fingerprint density at radius 2 is 1.87 bits per heavy atom. The topological polar surface area (TPSA) is 56.8 Å². The molecule has 2 aromatic rings. The van der Waals surface area contributed by atoms with Gasteiger partial charge in [0, 0.05) is 5.56 Å². The van der Waals surface area contributed by atoms with Gasteiger partial charge < -0.3 is 14.2 Å². The van der Waals surface area contributed by atoms with Crippen molar-refractivity contribution in [3.63, 3.8) is 0 Å². The molecule has 0 fully saturated rings. The lowest BCUT2D eigenvalue weighted by atomic mass is 10.1. The molecule has 5 heteroatoms. The Bertz CT molecular complexity index is 697. The number of aryl methyl sites for hydroxylation is 2. The summed E-state index contributed by atoms with van der Waals surface area (Å²) < 4.78 is 15.8. The zero-order chi connectivity index (χ0) is 16.8. The third-order valence-corrected chi connectivity index (χ3v) is 3.45. The Morgan fingerprint density at radius 1 is 1.09 bits per heavy atom. The van der Waals surface area contributed by atoms with Crippen molar-refractivity contribution < 1.29 is 19.0 Å². The van der Waals surface area contributed by atoms with E-state index in [-0.39, 0.29) is 0 Å². The normalized spacial score (nSPS) is 10.1. The highest BCUT2D eigenvalue weighted by molar-refractivity contribution is 5.85. The lowest BCUT2D eigenvalue weighted by Crippen LogP contribution is -2.13. The Labute approximate surface area is 136 Å². The molecule has 23 heavy (non-hydrogen) atoms. The third-order valence-electron chi connectivity index (χ3n) is 3.45. The molecule has 0 atom stereocenters. The first kappa shape index (κ1) is 16.7. The first-order valence-corrected chi connectivity index (χ1v) is 7.25. The van der Waals surface area contributed by atoms with E-state index in [0.717, 1.165) is 16.9 Å². The molecule has 5 nitrogen and oxygen atoms in total. The minimum atomic E-state index is -0.525. The largest absolute Gasteiger partial charge is 0.497 e. The SMILES string of the molecule is COC(=O)Nc1ccc(OC)cc1COc1ccc(C)cc1C. The maximum Gasteiger partial charge on any atom is 0.411 e. The van der Waals surface area contributed by atoms with Crippen LogP contribution in [0.5, 0.6) is 11.5 Å². The van der Waals surface area contributed by atoms with Crippen LogP contribution in [0.4, 0.5) is 10.5 Å². The number of methoxy groups -OCH3 is 2. The van der Waals surface area contributed by atoms with Gasteiger partial charge in [0.15, 0.2) is 0 Å². The highest BCUT2D eigenvalue weighted by Gasteiger charge is 2.10. The van der Waals surface area contributed by atoms with Gasteiger partial charge in [0.1, 0.15) is 18.1 Å². The van der Waals surface area contributed by atoms with Crippen LogP contribution in [0.15, 0.2) is 36.4 Å². The van der Waals surface area contributed by atoms with Crippen molar-refractivity contribution in [2.75, 3.05) is 19.5 Å². The number of hydrogen-bond donors (Lipinski definition) is 1. The van der Waals surface area contributed by atoms with Crippen molar-refractivity contribution in [3.05, 3.63) is 53.1 Å². The van der Waals surface area contributed by atoms with Gasteiger partial charge in [-0.15, -0.1) is 0 Å². The predicted octanol–water partition coefficient (Wildman–Crippen LogP) is 4.07. The second-order valence-electron chi connectivity index (χ2n) is 5.20. The fourth-order valence-electron chi connectivity index (χ4n) is 2.22. The Hall–Kier alpha value is -2.69. The van der Waals surface area contributed by atoms with Crippen molar-refractivity contribution in [3.8, 4) is 11.5 Å². The quantitative estimate of drug-likeness (QED) is 0.903. The number of rotatable bonds is 5. The van der Waals surface area contributed by atoms with E-state index in [1.54, 1.807) is 19.2 Å². The first-order chi connectivity index (χ1) is 11.0. The monoisotopic (exact) mass is 315 g/mol. The Morgan fingerprint density at radius 3 is 2.52 bits per heavy atom. The summed E-state index contributed by atoms with van der Waals surface area (Å²) in [5.74, 6) is 1.50. The molecule has 122 valence electrons. The molecule has 2 aromatic carbocycles. The van der Waals surface area contributed by atoms with Crippen molar-refractivity contribution >= 4 is 11.8 Å². The standard InChI is InChI=1S/C18H21NO4/c1-12-5-8-17(13(2)9-12)23-11-14-10-15(21-3)6-7-16(14)19-18(20)22-4/h5-10H,11H2,1-4H3,(H,19,20). The second kappa shape index (κ2) is 7.54. The molecule has 0 aromatic heterocycles. The molecule has 1 N–H and O–H groups in total. The molecule has 0 aliphatic heterocycles. The molecular weight excluding hydrogens is 294 g/mol. The molecule has 2 rings (SSSR count). The van der Waals surface area contributed by atoms with Gasteiger partial charge in [0.2, 0.25) is 0 Å². The van der Waals surface area contributed by atoms with Gasteiger partial charge >= 0.3 is 6.09 Å². The van der Waals surface area contributed by atoms with Gasteiger partial charge in [-0.05, 0) is 43.7 Å². The van der Waals surface area contributed by atoms with E-state index < -0.39 is 6.09 Å². The number of anilines is 1. The molecule has 0 saturated heterocycles. The van der Waals surface area contributed by atoms with Gasteiger partial charge in [0.05, 0.1) is 19.9 Å². The molecule has 0 aliphatic carbocycles. The highest BCUT2D eigenvalue weighted by atomic mass is 16.5. The van der Waals surface area contributed by atoms with Crippen LogP contribution < -0.4 is 14.8 Å². The van der Waals surface area contributed by atoms with E-state index >= 15 is 0 Å². The fraction of sp³-hybridized carbons (Fsp3) is 0.278. The summed E-state index contributed by atoms with van der Waals surface area (Å²) in [5, 5.41) is 2.67. The van der Waals surface area contributed by atoms with Crippen LogP contribution in [-0.2, 0) is 11.3 Å². The van der Waals surface area contributed by atoms with Crippen LogP contribution in [0.2, 0.25) is 0 Å². The summed E-state index contributed by atoms with van der Waals surface area (Å²) in [5.41, 5.74) is 3.68. The van der Waals surface area contributed by atoms with Crippen LogP contribution in [0.3, 0.4) is 0 Å². The van der Waals surface area contributed by atoms with Crippen LogP contribution in [-0.4, -0.2) is 20.3 Å². The molecule has 0 radical (unpaired) electrons. The number of hydrogen-bond acceptors (Lipinski definition) is 4. The van der Waals surface area contributed by atoms with Crippen molar-refractivity contribution in [1.82, 2.24) is 0 Å². The highest BCUT2D eigenvalue weighted by Crippen LogP contribution is 2.25. The zero-order valence-corrected chi connectivity index (χ0v) is 13.8. The number of carbonyl (C=O) groups is 1. The van der Waals surface area contributed by atoms with E-state index in [2.05, 4.69) is 16.1 Å². The maximum atomic E-state index is 11.4. The minimum Gasteiger partial charge on any atom is -0.497 e. The fourth-order valence-corrected chi connectivity index (χ4v) is 2.22. The molecule has 0 unspecified atom stereocenters. The number of benzene rings is 2. The summed E-state index contributed by atoms with van der Waals surface area (Å²) in [6, 6.07) is 11.4. The summed E-state index contributed by atoms with van der Waals surface area (Å²) >= 11 is 0. The average Bonchev–Trinajstić information content (AvgIpc) is 2.55. The first-order valence-electron chi connectivity index (χ1n) is 7.25. The van der Waals surface area contributed by atoms with Crippen LogP contribution in [0.1, 0.15) is 16.7 Å². The van der Waals surface area contributed by atoms with Crippen molar-refractivity contribution in [2.45, 2.75) is 20.5 Å². The van der Waals surface area contributed by atoms with Gasteiger partial charge in [-0.25, -0.2) is 4.79 Å². The number of ether oxygens (including phenoxy) is 3. The molecule has 0 saturated carbocycles. The molecule has 0 heterocycles. The second-order valence-corrected chi connectivity index (χ2v) is 5.20. The maximum absolute atomic E-state index is 11.4. The average molecular weight is 315 g/mol. The van der Waals surface area contributed by atoms with Crippen LogP contribution in [0, 0.1) is 13.8 Å². The number of amides is 1. The van der Waals surface area contributed by atoms with E-state index in [4.69, 9.17) is 9.47 Å². The Kier molecular flexibility index (Phi) is 5.46. The molecular formula is C18H21NO4. The number of carbonyl (C=O) groups excluding carboxylic acids is 1.